The van der Waals surface area contributed by atoms with E-state index in [0.29, 0.717) is 11.4 Å². The van der Waals surface area contributed by atoms with Crippen molar-refractivity contribution in [3.63, 3.8) is 0 Å². The smallest absolute Gasteiger partial charge is 0.337 e. The van der Waals surface area contributed by atoms with Crippen molar-refractivity contribution < 1.29 is 19.4 Å². The second-order valence-corrected chi connectivity index (χ2v) is 3.51. The molecule has 1 aromatic carbocycles. The SMILES string of the molecule is CN1C(=O)CCOc2cccc(C(=O)O)c21. The van der Waals surface area contributed by atoms with Gasteiger partial charge in [0.25, 0.3) is 0 Å². The number of aromatic carboxylic acids is 1. The van der Waals surface area contributed by atoms with E-state index in [2.05, 4.69) is 0 Å². The van der Waals surface area contributed by atoms with Crippen molar-refractivity contribution in [3.05, 3.63) is 23.8 Å². The first-order chi connectivity index (χ1) is 7.61. The van der Waals surface area contributed by atoms with Gasteiger partial charge in [-0.25, -0.2) is 4.79 Å². The number of carbonyl (C=O) groups excluding carboxylic acids is 1. The van der Waals surface area contributed by atoms with E-state index < -0.39 is 5.97 Å². The predicted molar refractivity (Wildman–Crippen MR) is 56.9 cm³/mol. The number of fused-ring (bicyclic) bond motifs is 1. The summed E-state index contributed by atoms with van der Waals surface area (Å²) in [6.07, 6.45) is 0.254. The van der Waals surface area contributed by atoms with Gasteiger partial charge in [-0.3, -0.25) is 4.79 Å². The van der Waals surface area contributed by atoms with Crippen molar-refractivity contribution in [1.29, 1.82) is 0 Å². The molecule has 0 unspecified atom stereocenters. The molecule has 1 heterocycles. The van der Waals surface area contributed by atoms with Crippen molar-refractivity contribution in [1.82, 2.24) is 0 Å². The number of anilines is 1. The number of hydrogen-bond donors (Lipinski definition) is 1. The predicted octanol–water partition coefficient (Wildman–Crippen LogP) is 1.13. The van der Waals surface area contributed by atoms with Gasteiger partial charge in [-0.2, -0.15) is 0 Å². The third-order valence-corrected chi connectivity index (χ3v) is 2.51. The first kappa shape index (κ1) is 10.5. The molecular weight excluding hydrogens is 210 g/mol. The quantitative estimate of drug-likeness (QED) is 0.771. The molecule has 5 heteroatoms. The Balaban J connectivity index is 2.61. The van der Waals surface area contributed by atoms with E-state index in [1.54, 1.807) is 19.2 Å². The number of rotatable bonds is 1. The van der Waals surface area contributed by atoms with Gasteiger partial charge >= 0.3 is 5.97 Å². The standard InChI is InChI=1S/C11H11NO4/c1-12-9(13)5-6-16-8-4-2-3-7(10(8)12)11(14)15/h2-4H,5-6H2,1H3,(H,14,15). The first-order valence-electron chi connectivity index (χ1n) is 4.87. The van der Waals surface area contributed by atoms with Gasteiger partial charge in [0.05, 0.1) is 18.6 Å². The van der Waals surface area contributed by atoms with Gasteiger partial charge in [-0.05, 0) is 12.1 Å². The van der Waals surface area contributed by atoms with E-state index in [4.69, 9.17) is 9.84 Å². The first-order valence-corrected chi connectivity index (χ1v) is 4.87. The number of ether oxygens (including phenoxy) is 1. The molecular formula is C11H11NO4. The highest BCUT2D eigenvalue weighted by molar-refractivity contribution is 6.03. The zero-order valence-corrected chi connectivity index (χ0v) is 8.77. The second kappa shape index (κ2) is 3.84. The lowest BCUT2D eigenvalue weighted by Gasteiger charge is -2.18. The molecule has 2 rings (SSSR count). The van der Waals surface area contributed by atoms with Gasteiger partial charge in [-0.15, -0.1) is 0 Å². The molecule has 1 aliphatic rings. The van der Waals surface area contributed by atoms with Gasteiger partial charge in [0, 0.05) is 7.05 Å². The Labute approximate surface area is 92.2 Å². The lowest BCUT2D eigenvalue weighted by molar-refractivity contribution is -0.118. The van der Waals surface area contributed by atoms with E-state index in [0.717, 1.165) is 0 Å². The van der Waals surface area contributed by atoms with Crippen molar-refractivity contribution in [2.75, 3.05) is 18.6 Å². The van der Waals surface area contributed by atoms with Gasteiger partial charge in [-0.1, -0.05) is 6.07 Å². The van der Waals surface area contributed by atoms with Crippen LogP contribution < -0.4 is 9.64 Å². The van der Waals surface area contributed by atoms with E-state index in [9.17, 15) is 9.59 Å². The number of amides is 1. The third kappa shape index (κ3) is 1.60. The molecule has 0 aromatic heterocycles. The Morgan fingerprint density at radius 2 is 2.25 bits per heavy atom. The highest BCUT2D eigenvalue weighted by Crippen LogP contribution is 2.33. The summed E-state index contributed by atoms with van der Waals surface area (Å²) in [7, 11) is 1.56. The topological polar surface area (TPSA) is 66.8 Å². The molecule has 0 fully saturated rings. The van der Waals surface area contributed by atoms with Crippen molar-refractivity contribution in [2.45, 2.75) is 6.42 Å². The van der Waals surface area contributed by atoms with Crippen LogP contribution in [0.3, 0.4) is 0 Å². The molecule has 16 heavy (non-hydrogen) atoms. The van der Waals surface area contributed by atoms with Crippen LogP contribution in [0.25, 0.3) is 0 Å². The summed E-state index contributed by atoms with van der Waals surface area (Å²) in [5.41, 5.74) is 0.410. The molecule has 0 spiro atoms. The third-order valence-electron chi connectivity index (χ3n) is 2.51. The van der Waals surface area contributed by atoms with Crippen molar-refractivity contribution in [3.8, 4) is 5.75 Å². The van der Waals surface area contributed by atoms with Gasteiger partial charge in [0.15, 0.2) is 0 Å². The normalized spacial score (nSPS) is 15.1. The Morgan fingerprint density at radius 1 is 1.50 bits per heavy atom. The summed E-state index contributed by atoms with van der Waals surface area (Å²) in [4.78, 5) is 24.0. The minimum Gasteiger partial charge on any atom is -0.491 e. The maximum atomic E-state index is 11.6. The Morgan fingerprint density at radius 3 is 2.94 bits per heavy atom. The van der Waals surface area contributed by atoms with Crippen LogP contribution in [-0.4, -0.2) is 30.6 Å². The summed E-state index contributed by atoms with van der Waals surface area (Å²) < 4.78 is 5.35. The van der Waals surface area contributed by atoms with Crippen LogP contribution >= 0.6 is 0 Å². The molecule has 0 atom stereocenters. The van der Waals surface area contributed by atoms with Crippen LogP contribution in [0.15, 0.2) is 18.2 Å². The number of benzene rings is 1. The summed E-state index contributed by atoms with van der Waals surface area (Å²) in [5, 5.41) is 9.04. The lowest BCUT2D eigenvalue weighted by Crippen LogP contribution is -2.26. The Kier molecular flexibility index (Phi) is 2.52. The van der Waals surface area contributed by atoms with E-state index >= 15 is 0 Å². The fourth-order valence-electron chi connectivity index (χ4n) is 1.70. The fourth-order valence-corrected chi connectivity index (χ4v) is 1.70. The molecule has 1 aromatic rings. The highest BCUT2D eigenvalue weighted by atomic mass is 16.5. The Hall–Kier alpha value is -2.04. The van der Waals surface area contributed by atoms with Crippen LogP contribution in [0.5, 0.6) is 5.75 Å². The molecule has 0 aliphatic carbocycles. The summed E-state index contributed by atoms with van der Waals surface area (Å²) in [5.74, 6) is -0.775. The number of hydrogen-bond acceptors (Lipinski definition) is 3. The van der Waals surface area contributed by atoms with Crippen LogP contribution in [-0.2, 0) is 4.79 Å². The Bertz CT molecular complexity index is 455. The van der Waals surface area contributed by atoms with Crippen LogP contribution in [0.4, 0.5) is 5.69 Å². The number of carboxylic acid groups (broad SMARTS) is 1. The van der Waals surface area contributed by atoms with E-state index in [1.165, 1.54) is 11.0 Å². The zero-order chi connectivity index (χ0) is 11.7. The summed E-state index contributed by atoms with van der Waals surface area (Å²) in [6.45, 7) is 0.277. The van der Waals surface area contributed by atoms with E-state index in [-0.39, 0.29) is 24.5 Å². The molecule has 0 bridgehead atoms. The molecule has 0 radical (unpaired) electrons. The lowest BCUT2D eigenvalue weighted by atomic mass is 10.1. The largest absolute Gasteiger partial charge is 0.491 e. The molecule has 0 saturated heterocycles. The molecule has 1 N–H and O–H groups in total. The molecule has 0 saturated carbocycles. The van der Waals surface area contributed by atoms with Crippen LogP contribution in [0.2, 0.25) is 0 Å². The average molecular weight is 221 g/mol. The molecule has 5 nitrogen and oxygen atoms in total. The van der Waals surface area contributed by atoms with Crippen LogP contribution in [0, 0.1) is 0 Å². The molecule has 1 aliphatic heterocycles. The van der Waals surface area contributed by atoms with E-state index in [1.807, 2.05) is 0 Å². The number of nitrogens with zero attached hydrogens (tertiary/aromatic N) is 1. The molecule has 1 amide bonds. The van der Waals surface area contributed by atoms with Crippen molar-refractivity contribution >= 4 is 17.6 Å². The highest BCUT2D eigenvalue weighted by Gasteiger charge is 2.25. The van der Waals surface area contributed by atoms with Crippen LogP contribution in [0.1, 0.15) is 16.8 Å². The summed E-state index contributed by atoms with van der Waals surface area (Å²) >= 11 is 0. The number of carbonyl (C=O) groups is 2. The maximum Gasteiger partial charge on any atom is 0.337 e. The van der Waals surface area contributed by atoms with Gasteiger partial charge < -0.3 is 14.7 Å². The monoisotopic (exact) mass is 221 g/mol. The zero-order valence-electron chi connectivity index (χ0n) is 8.77. The average Bonchev–Trinajstić information content (AvgIpc) is 2.40. The van der Waals surface area contributed by atoms with Gasteiger partial charge in [0.1, 0.15) is 11.4 Å². The van der Waals surface area contributed by atoms with Crippen molar-refractivity contribution in [2.24, 2.45) is 0 Å². The molecule has 84 valence electrons. The number of carboxylic acids is 1. The minimum atomic E-state index is -1.07. The second-order valence-electron chi connectivity index (χ2n) is 3.51. The number of para-hydroxylation sites is 1. The summed E-state index contributed by atoms with van der Waals surface area (Å²) in [6, 6.07) is 4.72. The minimum absolute atomic E-state index is 0.0789. The maximum absolute atomic E-state index is 11.6. The van der Waals surface area contributed by atoms with Gasteiger partial charge in [0.2, 0.25) is 5.91 Å². The fraction of sp³-hybridized carbons (Fsp3) is 0.273.